The minimum absolute atomic E-state index is 0.106. The van der Waals surface area contributed by atoms with Gasteiger partial charge in [-0.05, 0) is 37.2 Å². The van der Waals surface area contributed by atoms with Crippen molar-refractivity contribution in [1.29, 1.82) is 0 Å². The summed E-state index contributed by atoms with van der Waals surface area (Å²) in [5.74, 6) is 1.78. The van der Waals surface area contributed by atoms with Crippen LogP contribution >= 0.6 is 0 Å². The minimum atomic E-state index is 0.106. The standard InChI is InChI=1S/C16H20N2O2/c19-15-3-1-2-14-13-6-12(9-18(14)15)8-17(10-13)16(20)7-11-4-5-11/h1-3,11-13H,4-10H2/t12-,13+/m1/s1. The van der Waals surface area contributed by atoms with Crippen LogP contribution in [0.5, 0.6) is 0 Å². The van der Waals surface area contributed by atoms with Crippen LogP contribution in [0.3, 0.4) is 0 Å². The number of hydrogen-bond acceptors (Lipinski definition) is 2. The van der Waals surface area contributed by atoms with E-state index in [1.165, 1.54) is 12.8 Å². The van der Waals surface area contributed by atoms with Crippen LogP contribution in [0.1, 0.15) is 37.3 Å². The molecule has 3 aliphatic rings. The lowest BCUT2D eigenvalue weighted by molar-refractivity contribution is -0.134. The van der Waals surface area contributed by atoms with E-state index in [9.17, 15) is 9.59 Å². The van der Waals surface area contributed by atoms with E-state index >= 15 is 0 Å². The van der Waals surface area contributed by atoms with Crippen molar-refractivity contribution in [3.05, 3.63) is 34.2 Å². The fourth-order valence-corrected chi connectivity index (χ4v) is 3.80. The number of piperidine rings is 1. The number of fused-ring (bicyclic) bond motifs is 4. The van der Waals surface area contributed by atoms with E-state index in [-0.39, 0.29) is 5.56 Å². The number of amides is 1. The first-order valence-corrected chi connectivity index (χ1v) is 7.68. The number of likely N-dealkylation sites (tertiary alicyclic amines) is 1. The molecule has 4 nitrogen and oxygen atoms in total. The van der Waals surface area contributed by atoms with Gasteiger partial charge in [0, 0.05) is 43.7 Å². The van der Waals surface area contributed by atoms with Gasteiger partial charge in [0.1, 0.15) is 0 Å². The summed E-state index contributed by atoms with van der Waals surface area (Å²) in [6.07, 6.45) is 4.31. The average molecular weight is 272 g/mol. The molecule has 106 valence electrons. The smallest absolute Gasteiger partial charge is 0.250 e. The second-order valence-corrected chi connectivity index (χ2v) is 6.64. The van der Waals surface area contributed by atoms with Gasteiger partial charge >= 0.3 is 0 Å². The van der Waals surface area contributed by atoms with Crippen molar-refractivity contribution in [2.75, 3.05) is 13.1 Å². The molecule has 1 aromatic heterocycles. The van der Waals surface area contributed by atoms with Gasteiger partial charge in [0.05, 0.1) is 0 Å². The predicted molar refractivity (Wildman–Crippen MR) is 75.5 cm³/mol. The summed E-state index contributed by atoms with van der Waals surface area (Å²) in [7, 11) is 0. The van der Waals surface area contributed by atoms with E-state index in [0.717, 1.165) is 38.2 Å². The Hall–Kier alpha value is -1.58. The number of nitrogens with zero attached hydrogens (tertiary/aromatic N) is 2. The topological polar surface area (TPSA) is 42.3 Å². The van der Waals surface area contributed by atoms with Gasteiger partial charge in [0.2, 0.25) is 5.91 Å². The van der Waals surface area contributed by atoms with Gasteiger partial charge in [-0.3, -0.25) is 9.59 Å². The summed E-state index contributed by atoms with van der Waals surface area (Å²) in [5, 5.41) is 0. The number of rotatable bonds is 2. The highest BCUT2D eigenvalue weighted by molar-refractivity contribution is 5.77. The van der Waals surface area contributed by atoms with Crippen LogP contribution < -0.4 is 5.56 Å². The van der Waals surface area contributed by atoms with Crippen molar-refractivity contribution in [3.63, 3.8) is 0 Å². The minimum Gasteiger partial charge on any atom is -0.342 e. The van der Waals surface area contributed by atoms with Gasteiger partial charge in [-0.2, -0.15) is 0 Å². The highest BCUT2D eigenvalue weighted by atomic mass is 16.2. The largest absolute Gasteiger partial charge is 0.342 e. The Labute approximate surface area is 118 Å². The zero-order valence-corrected chi connectivity index (χ0v) is 11.6. The van der Waals surface area contributed by atoms with Crippen LogP contribution in [0.2, 0.25) is 0 Å². The molecule has 20 heavy (non-hydrogen) atoms. The first kappa shape index (κ1) is 12.2. The van der Waals surface area contributed by atoms with Crippen LogP contribution in [0.4, 0.5) is 0 Å². The molecular weight excluding hydrogens is 252 g/mol. The Bertz CT molecular complexity index is 603. The van der Waals surface area contributed by atoms with E-state index in [1.807, 2.05) is 10.6 Å². The number of hydrogen-bond donors (Lipinski definition) is 0. The molecule has 2 fully saturated rings. The Kier molecular flexibility index (Phi) is 2.72. The van der Waals surface area contributed by atoms with Crippen LogP contribution in [0.25, 0.3) is 0 Å². The first-order valence-electron chi connectivity index (χ1n) is 7.68. The predicted octanol–water partition coefficient (Wildman–Crippen LogP) is 1.59. The molecule has 0 aromatic carbocycles. The van der Waals surface area contributed by atoms with Gasteiger partial charge in [0.25, 0.3) is 5.56 Å². The fraction of sp³-hybridized carbons (Fsp3) is 0.625. The summed E-state index contributed by atoms with van der Waals surface area (Å²) >= 11 is 0. The highest BCUT2D eigenvalue weighted by Gasteiger charge is 2.37. The van der Waals surface area contributed by atoms with E-state index in [0.29, 0.717) is 23.7 Å². The highest BCUT2D eigenvalue weighted by Crippen LogP contribution is 2.37. The second kappa shape index (κ2) is 4.47. The zero-order chi connectivity index (χ0) is 13.7. The molecule has 0 N–H and O–H groups in total. The quantitative estimate of drug-likeness (QED) is 0.820. The molecule has 0 spiro atoms. The van der Waals surface area contributed by atoms with Crippen LogP contribution in [0, 0.1) is 11.8 Å². The van der Waals surface area contributed by atoms with Crippen LogP contribution in [-0.2, 0) is 11.3 Å². The number of carbonyl (C=O) groups is 1. The Balaban J connectivity index is 1.58. The third-order valence-corrected chi connectivity index (χ3v) is 4.99. The van der Waals surface area contributed by atoms with Gasteiger partial charge in [0.15, 0.2) is 0 Å². The lowest BCUT2D eigenvalue weighted by Crippen LogP contribution is -2.49. The van der Waals surface area contributed by atoms with E-state index in [4.69, 9.17) is 0 Å². The Morgan fingerprint density at radius 1 is 1.20 bits per heavy atom. The molecule has 2 aliphatic heterocycles. The Morgan fingerprint density at radius 3 is 2.85 bits per heavy atom. The first-order chi connectivity index (χ1) is 9.70. The molecule has 1 saturated carbocycles. The van der Waals surface area contributed by atoms with E-state index in [2.05, 4.69) is 11.0 Å². The molecule has 0 unspecified atom stereocenters. The molecule has 4 rings (SSSR count). The van der Waals surface area contributed by atoms with Crippen molar-refractivity contribution < 1.29 is 4.79 Å². The average Bonchev–Trinajstić information content (AvgIpc) is 3.24. The monoisotopic (exact) mass is 272 g/mol. The summed E-state index contributed by atoms with van der Waals surface area (Å²) in [6.45, 7) is 2.41. The van der Waals surface area contributed by atoms with Crippen molar-refractivity contribution in [3.8, 4) is 0 Å². The van der Waals surface area contributed by atoms with Gasteiger partial charge in [-0.25, -0.2) is 0 Å². The van der Waals surface area contributed by atoms with Crippen LogP contribution in [0.15, 0.2) is 23.0 Å². The lowest BCUT2D eigenvalue weighted by atomic mass is 9.83. The SMILES string of the molecule is O=C(CC1CC1)N1C[C@H]2C[C@@H](C1)c1cccc(=O)n1C2. The summed E-state index contributed by atoms with van der Waals surface area (Å²) < 4.78 is 1.92. The third-order valence-electron chi connectivity index (χ3n) is 4.99. The molecule has 1 saturated heterocycles. The molecule has 1 aromatic rings. The third kappa shape index (κ3) is 2.07. The molecule has 2 atom stereocenters. The maximum Gasteiger partial charge on any atom is 0.250 e. The second-order valence-electron chi connectivity index (χ2n) is 6.64. The number of carbonyl (C=O) groups excluding carboxylic acids is 1. The summed E-state index contributed by atoms with van der Waals surface area (Å²) in [6, 6.07) is 5.54. The van der Waals surface area contributed by atoms with E-state index < -0.39 is 0 Å². The fourth-order valence-electron chi connectivity index (χ4n) is 3.80. The van der Waals surface area contributed by atoms with Gasteiger partial charge in [-0.1, -0.05) is 6.07 Å². The molecule has 2 bridgehead atoms. The molecule has 1 aliphatic carbocycles. The molecular formula is C16H20N2O2. The number of pyridine rings is 1. The van der Waals surface area contributed by atoms with E-state index in [1.54, 1.807) is 6.07 Å². The molecule has 0 radical (unpaired) electrons. The molecule has 4 heteroatoms. The maximum atomic E-state index is 12.3. The van der Waals surface area contributed by atoms with Gasteiger partial charge < -0.3 is 9.47 Å². The van der Waals surface area contributed by atoms with Crippen molar-refractivity contribution in [1.82, 2.24) is 9.47 Å². The normalized spacial score (nSPS) is 28.1. The summed E-state index contributed by atoms with van der Waals surface area (Å²) in [4.78, 5) is 26.3. The van der Waals surface area contributed by atoms with Crippen molar-refractivity contribution >= 4 is 5.91 Å². The van der Waals surface area contributed by atoms with Crippen molar-refractivity contribution in [2.45, 2.75) is 38.1 Å². The maximum absolute atomic E-state index is 12.3. The van der Waals surface area contributed by atoms with Crippen LogP contribution in [-0.4, -0.2) is 28.5 Å². The van der Waals surface area contributed by atoms with Gasteiger partial charge in [-0.15, -0.1) is 0 Å². The summed E-state index contributed by atoms with van der Waals surface area (Å²) in [5.41, 5.74) is 1.23. The molecule has 3 heterocycles. The number of aromatic nitrogens is 1. The molecule has 1 amide bonds. The zero-order valence-electron chi connectivity index (χ0n) is 11.6. The Morgan fingerprint density at radius 2 is 2.05 bits per heavy atom. The lowest BCUT2D eigenvalue weighted by Gasteiger charge is -2.42. The van der Waals surface area contributed by atoms with Crippen molar-refractivity contribution in [2.24, 2.45) is 11.8 Å².